The molecule has 1 N–H and O–H groups in total. The lowest BCUT2D eigenvalue weighted by Gasteiger charge is -2.27. The van der Waals surface area contributed by atoms with Crippen molar-refractivity contribution in [2.45, 2.75) is 32.9 Å². The fourth-order valence-corrected chi connectivity index (χ4v) is 3.34. The van der Waals surface area contributed by atoms with Crippen LogP contribution in [0.4, 0.5) is 5.69 Å². The van der Waals surface area contributed by atoms with Gasteiger partial charge in [-0.3, -0.25) is 0 Å². The first-order valence-corrected chi connectivity index (χ1v) is 8.62. The van der Waals surface area contributed by atoms with Crippen molar-refractivity contribution in [1.29, 1.82) is 0 Å². The van der Waals surface area contributed by atoms with Crippen LogP contribution in [0.15, 0.2) is 35.7 Å². The maximum atomic E-state index is 6.39. The Labute approximate surface area is 136 Å². The molecule has 21 heavy (non-hydrogen) atoms. The number of benzene rings is 1. The molecule has 1 atom stereocenters. The lowest BCUT2D eigenvalue weighted by molar-refractivity contribution is 0.687. The lowest BCUT2D eigenvalue weighted by atomic mass is 10.1. The minimum absolute atomic E-state index is 0.444. The van der Waals surface area contributed by atoms with E-state index in [1.807, 2.05) is 11.3 Å². The summed E-state index contributed by atoms with van der Waals surface area (Å²) in [7, 11) is 2.13. The molecule has 2 rings (SSSR count). The molecule has 4 heteroatoms. The summed E-state index contributed by atoms with van der Waals surface area (Å²) in [4.78, 5) is 3.71. The number of nitrogens with one attached hydrogen (secondary N) is 1. The zero-order chi connectivity index (χ0) is 15.2. The minimum atomic E-state index is 0.444. The number of anilines is 1. The van der Waals surface area contributed by atoms with Gasteiger partial charge < -0.3 is 10.2 Å². The van der Waals surface area contributed by atoms with Crippen LogP contribution < -0.4 is 10.2 Å². The Morgan fingerprint density at radius 3 is 2.76 bits per heavy atom. The number of halogens is 1. The van der Waals surface area contributed by atoms with Gasteiger partial charge in [0, 0.05) is 41.6 Å². The van der Waals surface area contributed by atoms with Gasteiger partial charge in [0.1, 0.15) is 0 Å². The van der Waals surface area contributed by atoms with Crippen LogP contribution in [0.3, 0.4) is 0 Å². The van der Waals surface area contributed by atoms with Crippen molar-refractivity contribution in [1.82, 2.24) is 5.32 Å². The van der Waals surface area contributed by atoms with Crippen LogP contribution >= 0.6 is 22.9 Å². The summed E-state index contributed by atoms with van der Waals surface area (Å²) in [6.07, 6.45) is 1.06. The number of thiophene rings is 1. The highest BCUT2D eigenvalue weighted by Crippen LogP contribution is 2.25. The molecule has 0 radical (unpaired) electrons. The van der Waals surface area contributed by atoms with Crippen molar-refractivity contribution in [2.75, 3.05) is 18.5 Å². The standard InChI is InChI=1S/C17H23ClN2S/c1-4-19-12-14-7-8-15(11-17(14)18)20(3)13(2)10-16-6-5-9-21-16/h5-9,11,13,19H,4,10,12H2,1-3H3. The van der Waals surface area contributed by atoms with Gasteiger partial charge in [-0.15, -0.1) is 11.3 Å². The Morgan fingerprint density at radius 2 is 2.14 bits per heavy atom. The van der Waals surface area contributed by atoms with E-state index in [0.717, 1.165) is 30.1 Å². The second kappa shape index (κ2) is 7.83. The van der Waals surface area contributed by atoms with Crippen LogP contribution in [0.1, 0.15) is 24.3 Å². The van der Waals surface area contributed by atoms with E-state index in [4.69, 9.17) is 11.6 Å². The summed E-state index contributed by atoms with van der Waals surface area (Å²) in [6.45, 7) is 6.13. The largest absolute Gasteiger partial charge is 0.371 e. The van der Waals surface area contributed by atoms with Gasteiger partial charge in [0.15, 0.2) is 0 Å². The van der Waals surface area contributed by atoms with E-state index in [1.165, 1.54) is 10.6 Å². The maximum absolute atomic E-state index is 6.39. The van der Waals surface area contributed by atoms with Crippen LogP contribution in [-0.2, 0) is 13.0 Å². The van der Waals surface area contributed by atoms with Gasteiger partial charge in [-0.1, -0.05) is 30.7 Å². The first kappa shape index (κ1) is 16.3. The van der Waals surface area contributed by atoms with Gasteiger partial charge in [-0.2, -0.15) is 0 Å². The summed E-state index contributed by atoms with van der Waals surface area (Å²) >= 11 is 8.21. The molecule has 1 aromatic heterocycles. The van der Waals surface area contributed by atoms with Crippen molar-refractivity contribution in [3.05, 3.63) is 51.2 Å². The highest BCUT2D eigenvalue weighted by molar-refractivity contribution is 7.09. The summed E-state index contributed by atoms with van der Waals surface area (Å²) in [5.41, 5.74) is 2.32. The predicted molar refractivity (Wildman–Crippen MR) is 94.7 cm³/mol. The average molecular weight is 323 g/mol. The smallest absolute Gasteiger partial charge is 0.0471 e. The zero-order valence-corrected chi connectivity index (χ0v) is 14.5. The summed E-state index contributed by atoms with van der Waals surface area (Å²) in [5, 5.41) is 6.28. The van der Waals surface area contributed by atoms with Crippen molar-refractivity contribution in [3.63, 3.8) is 0 Å². The molecule has 1 aromatic carbocycles. The van der Waals surface area contributed by atoms with E-state index >= 15 is 0 Å². The van der Waals surface area contributed by atoms with Gasteiger partial charge in [-0.05, 0) is 42.6 Å². The molecule has 0 saturated carbocycles. The van der Waals surface area contributed by atoms with Crippen LogP contribution in [-0.4, -0.2) is 19.6 Å². The molecule has 114 valence electrons. The van der Waals surface area contributed by atoms with Crippen molar-refractivity contribution >= 4 is 28.6 Å². The predicted octanol–water partition coefficient (Wildman–Crippen LogP) is 4.58. The first-order valence-electron chi connectivity index (χ1n) is 7.36. The Kier molecular flexibility index (Phi) is 6.09. The Morgan fingerprint density at radius 1 is 1.33 bits per heavy atom. The highest BCUT2D eigenvalue weighted by atomic mass is 35.5. The number of hydrogen-bond acceptors (Lipinski definition) is 3. The van der Waals surface area contributed by atoms with Crippen molar-refractivity contribution in [3.8, 4) is 0 Å². The van der Waals surface area contributed by atoms with E-state index in [2.05, 4.69) is 66.8 Å². The fraction of sp³-hybridized carbons (Fsp3) is 0.412. The molecule has 2 aromatic rings. The van der Waals surface area contributed by atoms with Crippen LogP contribution in [0, 0.1) is 0 Å². The molecule has 0 bridgehead atoms. The van der Waals surface area contributed by atoms with E-state index in [-0.39, 0.29) is 0 Å². The van der Waals surface area contributed by atoms with E-state index in [1.54, 1.807) is 0 Å². The number of likely N-dealkylation sites (N-methyl/N-ethyl adjacent to an activating group) is 1. The van der Waals surface area contributed by atoms with Crippen molar-refractivity contribution in [2.24, 2.45) is 0 Å². The number of hydrogen-bond donors (Lipinski definition) is 1. The molecular formula is C17H23ClN2S. The van der Waals surface area contributed by atoms with Gasteiger partial charge in [0.25, 0.3) is 0 Å². The average Bonchev–Trinajstić information content (AvgIpc) is 2.98. The molecule has 0 fully saturated rings. The van der Waals surface area contributed by atoms with E-state index in [0.29, 0.717) is 6.04 Å². The SMILES string of the molecule is CCNCc1ccc(N(C)C(C)Cc2cccs2)cc1Cl. The molecule has 0 amide bonds. The lowest BCUT2D eigenvalue weighted by Crippen LogP contribution is -2.30. The van der Waals surface area contributed by atoms with Gasteiger partial charge >= 0.3 is 0 Å². The summed E-state index contributed by atoms with van der Waals surface area (Å²) in [6, 6.07) is 11.1. The molecule has 0 aliphatic heterocycles. The van der Waals surface area contributed by atoms with Crippen molar-refractivity contribution < 1.29 is 0 Å². The number of nitrogens with zero attached hydrogens (tertiary/aromatic N) is 1. The topological polar surface area (TPSA) is 15.3 Å². The third-order valence-electron chi connectivity index (χ3n) is 3.75. The minimum Gasteiger partial charge on any atom is -0.371 e. The van der Waals surface area contributed by atoms with E-state index < -0.39 is 0 Å². The third-order valence-corrected chi connectivity index (χ3v) is 5.00. The fourth-order valence-electron chi connectivity index (χ4n) is 2.27. The normalized spacial score (nSPS) is 12.4. The van der Waals surface area contributed by atoms with E-state index in [9.17, 15) is 0 Å². The van der Waals surface area contributed by atoms with Crippen LogP contribution in [0.25, 0.3) is 0 Å². The third kappa shape index (κ3) is 4.47. The molecule has 2 nitrogen and oxygen atoms in total. The highest BCUT2D eigenvalue weighted by Gasteiger charge is 2.12. The van der Waals surface area contributed by atoms with Gasteiger partial charge in [0.2, 0.25) is 0 Å². The molecule has 1 unspecified atom stereocenters. The first-order chi connectivity index (χ1) is 10.1. The van der Waals surface area contributed by atoms with Crippen LogP contribution in [0.2, 0.25) is 5.02 Å². The molecular weight excluding hydrogens is 300 g/mol. The maximum Gasteiger partial charge on any atom is 0.0471 e. The van der Waals surface area contributed by atoms with Gasteiger partial charge in [0.05, 0.1) is 0 Å². The quantitative estimate of drug-likeness (QED) is 0.802. The number of rotatable bonds is 7. The molecule has 1 heterocycles. The Hall–Kier alpha value is -1.03. The summed E-state index contributed by atoms with van der Waals surface area (Å²) < 4.78 is 0. The van der Waals surface area contributed by atoms with Crippen LogP contribution in [0.5, 0.6) is 0 Å². The molecule has 0 saturated heterocycles. The molecule has 0 aliphatic carbocycles. The summed E-state index contributed by atoms with van der Waals surface area (Å²) in [5.74, 6) is 0. The Bertz CT molecular complexity index is 554. The molecule has 0 aliphatic rings. The second-order valence-corrected chi connectivity index (χ2v) is 6.74. The molecule has 0 spiro atoms. The van der Waals surface area contributed by atoms with Gasteiger partial charge in [-0.25, -0.2) is 0 Å². The zero-order valence-electron chi connectivity index (χ0n) is 12.9. The second-order valence-electron chi connectivity index (χ2n) is 5.30. The monoisotopic (exact) mass is 322 g/mol. The Balaban J connectivity index is 2.04.